The summed E-state index contributed by atoms with van der Waals surface area (Å²) in [6, 6.07) is 13.0. The van der Waals surface area contributed by atoms with Crippen LogP contribution in [0, 0.1) is 12.8 Å². The van der Waals surface area contributed by atoms with E-state index in [4.69, 9.17) is 11.6 Å². The van der Waals surface area contributed by atoms with E-state index >= 15 is 0 Å². The van der Waals surface area contributed by atoms with Crippen molar-refractivity contribution in [1.29, 1.82) is 0 Å². The Labute approximate surface area is 177 Å². The third-order valence-electron chi connectivity index (χ3n) is 5.08. The van der Waals surface area contributed by atoms with Gasteiger partial charge in [0.05, 0.1) is 10.7 Å². The van der Waals surface area contributed by atoms with E-state index in [9.17, 15) is 9.59 Å². The van der Waals surface area contributed by atoms with Crippen LogP contribution in [0.3, 0.4) is 0 Å². The Morgan fingerprint density at radius 3 is 2.28 bits per heavy atom. The lowest BCUT2D eigenvalue weighted by Gasteiger charge is -2.36. The average molecular weight is 414 g/mol. The van der Waals surface area contributed by atoms with E-state index in [0.717, 1.165) is 24.3 Å². The van der Waals surface area contributed by atoms with Crippen molar-refractivity contribution >= 4 is 34.8 Å². The molecule has 0 aromatic heterocycles. The van der Waals surface area contributed by atoms with Crippen LogP contribution in [0.4, 0.5) is 11.4 Å². The molecule has 0 aliphatic carbocycles. The first-order valence-electron chi connectivity index (χ1n) is 10.0. The molecular weight excluding hydrogens is 386 g/mol. The van der Waals surface area contributed by atoms with Crippen molar-refractivity contribution in [2.24, 2.45) is 5.92 Å². The van der Waals surface area contributed by atoms with E-state index in [2.05, 4.69) is 24.1 Å². The van der Waals surface area contributed by atoms with Gasteiger partial charge in [-0.2, -0.15) is 0 Å². The summed E-state index contributed by atoms with van der Waals surface area (Å²) < 4.78 is 0. The van der Waals surface area contributed by atoms with Gasteiger partial charge >= 0.3 is 0 Å². The second kappa shape index (κ2) is 9.31. The Hall–Kier alpha value is -2.53. The molecule has 29 heavy (non-hydrogen) atoms. The summed E-state index contributed by atoms with van der Waals surface area (Å²) in [6.07, 6.45) is 0.593. The number of benzene rings is 2. The van der Waals surface area contributed by atoms with Crippen molar-refractivity contribution in [2.45, 2.75) is 27.2 Å². The number of carbonyl (C=O) groups excluding carboxylic acids is 2. The van der Waals surface area contributed by atoms with Crippen LogP contribution < -0.4 is 10.2 Å². The molecule has 0 atom stereocenters. The van der Waals surface area contributed by atoms with Crippen LogP contribution in [-0.4, -0.2) is 42.9 Å². The van der Waals surface area contributed by atoms with Gasteiger partial charge in [-0.3, -0.25) is 9.59 Å². The van der Waals surface area contributed by atoms with E-state index in [0.29, 0.717) is 41.7 Å². The van der Waals surface area contributed by atoms with Gasteiger partial charge < -0.3 is 15.1 Å². The number of amides is 2. The van der Waals surface area contributed by atoms with Crippen molar-refractivity contribution < 1.29 is 9.59 Å². The minimum Gasteiger partial charge on any atom is -0.367 e. The molecule has 6 heteroatoms. The Bertz CT molecular complexity index is 872. The molecule has 1 saturated heterocycles. The first-order valence-corrected chi connectivity index (χ1v) is 10.4. The van der Waals surface area contributed by atoms with Crippen molar-refractivity contribution in [1.82, 2.24) is 4.90 Å². The standard InChI is InChI=1S/C23H28ClN3O2/c1-16(2)14-22(28)27-12-10-26(11-13-27)21-9-8-19(15-20(21)24)25-23(29)18-6-4-17(3)5-7-18/h4-9,15-16H,10-14H2,1-3H3,(H,25,29). The number of nitrogens with one attached hydrogen (secondary N) is 1. The predicted molar refractivity (Wildman–Crippen MR) is 119 cm³/mol. The summed E-state index contributed by atoms with van der Waals surface area (Å²) in [5.74, 6) is 0.434. The predicted octanol–water partition coefficient (Wildman–Crippen LogP) is 4.60. The van der Waals surface area contributed by atoms with Crippen molar-refractivity contribution in [2.75, 3.05) is 36.4 Å². The molecule has 1 aliphatic heterocycles. The molecule has 0 saturated carbocycles. The zero-order valence-corrected chi connectivity index (χ0v) is 18.0. The van der Waals surface area contributed by atoms with Crippen LogP contribution in [0.25, 0.3) is 0 Å². The SMILES string of the molecule is Cc1ccc(C(=O)Nc2ccc(N3CCN(C(=O)CC(C)C)CC3)c(Cl)c2)cc1. The fraction of sp³-hybridized carbons (Fsp3) is 0.391. The van der Waals surface area contributed by atoms with Gasteiger partial charge in [0.2, 0.25) is 5.91 Å². The highest BCUT2D eigenvalue weighted by Crippen LogP contribution is 2.30. The van der Waals surface area contributed by atoms with Crippen LogP contribution >= 0.6 is 11.6 Å². The van der Waals surface area contributed by atoms with Gasteiger partial charge in [0, 0.05) is 43.9 Å². The molecule has 1 fully saturated rings. The number of aryl methyl sites for hydroxylation is 1. The Kier molecular flexibility index (Phi) is 6.80. The van der Waals surface area contributed by atoms with Crippen LogP contribution in [-0.2, 0) is 4.79 Å². The monoisotopic (exact) mass is 413 g/mol. The average Bonchev–Trinajstić information content (AvgIpc) is 2.68. The summed E-state index contributed by atoms with van der Waals surface area (Å²) in [4.78, 5) is 28.8. The van der Waals surface area contributed by atoms with Gasteiger partial charge in [-0.25, -0.2) is 0 Å². The fourth-order valence-electron chi connectivity index (χ4n) is 3.42. The maximum absolute atomic E-state index is 12.4. The summed E-state index contributed by atoms with van der Waals surface area (Å²) >= 11 is 6.51. The summed E-state index contributed by atoms with van der Waals surface area (Å²) in [5, 5.41) is 3.49. The number of anilines is 2. The number of rotatable bonds is 5. The molecular formula is C23H28ClN3O2. The first kappa shape index (κ1) is 21.2. The second-order valence-corrected chi connectivity index (χ2v) is 8.36. The van der Waals surface area contributed by atoms with Crippen LogP contribution in [0.5, 0.6) is 0 Å². The number of carbonyl (C=O) groups is 2. The van der Waals surface area contributed by atoms with Crippen LogP contribution in [0.15, 0.2) is 42.5 Å². The highest BCUT2D eigenvalue weighted by atomic mass is 35.5. The fourth-order valence-corrected chi connectivity index (χ4v) is 3.72. The Morgan fingerprint density at radius 1 is 1.03 bits per heavy atom. The molecule has 0 bridgehead atoms. The van der Waals surface area contributed by atoms with E-state index in [1.807, 2.05) is 36.1 Å². The van der Waals surface area contributed by atoms with Gasteiger partial charge in [-0.05, 0) is 43.2 Å². The number of halogens is 1. The Morgan fingerprint density at radius 2 is 1.69 bits per heavy atom. The highest BCUT2D eigenvalue weighted by molar-refractivity contribution is 6.33. The molecule has 1 aliphatic rings. The molecule has 1 heterocycles. The lowest BCUT2D eigenvalue weighted by Crippen LogP contribution is -2.49. The van der Waals surface area contributed by atoms with Gasteiger partial charge in [-0.15, -0.1) is 0 Å². The van der Waals surface area contributed by atoms with E-state index in [-0.39, 0.29) is 11.8 Å². The summed E-state index contributed by atoms with van der Waals surface area (Å²) in [5.41, 5.74) is 3.31. The minimum atomic E-state index is -0.161. The lowest BCUT2D eigenvalue weighted by atomic mass is 10.1. The summed E-state index contributed by atoms with van der Waals surface area (Å²) in [7, 11) is 0. The Balaban J connectivity index is 1.61. The third kappa shape index (κ3) is 5.51. The molecule has 2 aromatic carbocycles. The maximum atomic E-state index is 12.4. The van der Waals surface area contributed by atoms with Crippen molar-refractivity contribution in [3.05, 3.63) is 58.6 Å². The molecule has 2 aromatic rings. The van der Waals surface area contributed by atoms with Gasteiger partial charge in [0.1, 0.15) is 0 Å². The molecule has 0 radical (unpaired) electrons. The molecule has 1 N–H and O–H groups in total. The van der Waals surface area contributed by atoms with Crippen LogP contribution in [0.1, 0.15) is 36.2 Å². The van der Waals surface area contributed by atoms with Gasteiger partial charge in [0.15, 0.2) is 0 Å². The topological polar surface area (TPSA) is 52.7 Å². The number of hydrogen-bond acceptors (Lipinski definition) is 3. The van der Waals surface area contributed by atoms with E-state index < -0.39 is 0 Å². The summed E-state index contributed by atoms with van der Waals surface area (Å²) in [6.45, 7) is 9.01. The highest BCUT2D eigenvalue weighted by Gasteiger charge is 2.23. The smallest absolute Gasteiger partial charge is 0.255 e. The molecule has 154 valence electrons. The molecule has 3 rings (SSSR count). The zero-order chi connectivity index (χ0) is 21.0. The third-order valence-corrected chi connectivity index (χ3v) is 5.38. The van der Waals surface area contributed by atoms with E-state index in [1.54, 1.807) is 18.2 Å². The number of nitrogens with zero attached hydrogens (tertiary/aromatic N) is 2. The molecule has 0 spiro atoms. The van der Waals surface area contributed by atoms with E-state index in [1.165, 1.54) is 0 Å². The van der Waals surface area contributed by atoms with Gasteiger partial charge in [-0.1, -0.05) is 43.1 Å². The quantitative estimate of drug-likeness (QED) is 0.779. The maximum Gasteiger partial charge on any atom is 0.255 e. The number of hydrogen-bond donors (Lipinski definition) is 1. The number of piperazine rings is 1. The largest absolute Gasteiger partial charge is 0.367 e. The minimum absolute atomic E-state index is 0.161. The molecule has 5 nitrogen and oxygen atoms in total. The first-order chi connectivity index (χ1) is 13.8. The lowest BCUT2D eigenvalue weighted by molar-refractivity contribution is -0.132. The van der Waals surface area contributed by atoms with Gasteiger partial charge in [0.25, 0.3) is 5.91 Å². The second-order valence-electron chi connectivity index (χ2n) is 7.95. The molecule has 2 amide bonds. The normalized spacial score (nSPS) is 14.2. The van der Waals surface area contributed by atoms with Crippen molar-refractivity contribution in [3.8, 4) is 0 Å². The van der Waals surface area contributed by atoms with Crippen molar-refractivity contribution in [3.63, 3.8) is 0 Å². The molecule has 0 unspecified atom stereocenters. The van der Waals surface area contributed by atoms with Crippen LogP contribution in [0.2, 0.25) is 5.02 Å². The zero-order valence-electron chi connectivity index (χ0n) is 17.2.